The highest BCUT2D eigenvalue weighted by atomic mass is 16.2. The highest BCUT2D eigenvalue weighted by Gasteiger charge is 2.18. The van der Waals surface area contributed by atoms with Gasteiger partial charge in [0.15, 0.2) is 5.78 Å². The topological polar surface area (TPSA) is 58.1 Å². The summed E-state index contributed by atoms with van der Waals surface area (Å²) in [7, 11) is 1.90. The number of aryl methyl sites for hydroxylation is 1. The quantitative estimate of drug-likeness (QED) is 0.700. The van der Waals surface area contributed by atoms with Crippen molar-refractivity contribution in [3.05, 3.63) is 88.1 Å². The monoisotopic (exact) mass is 307 g/mol. The minimum absolute atomic E-state index is 0.169. The number of allylic oxidation sites excluding steroid dienone is 4. The Labute approximate surface area is 133 Å². The van der Waals surface area contributed by atoms with Gasteiger partial charge in [0.05, 0.1) is 5.69 Å². The summed E-state index contributed by atoms with van der Waals surface area (Å²) in [6.45, 7) is 1.73. The second-order valence-electron chi connectivity index (χ2n) is 5.39. The number of aromatic nitrogens is 2. The van der Waals surface area contributed by atoms with Crippen LogP contribution in [0.3, 0.4) is 0 Å². The molecular formula is C18H17N3O2. The third kappa shape index (κ3) is 2.94. The lowest BCUT2D eigenvalue weighted by Crippen LogP contribution is -2.19. The number of hydrogen-bond donors (Lipinski definition) is 1. The number of H-pyrrole nitrogens is 1. The molecule has 0 saturated heterocycles. The van der Waals surface area contributed by atoms with Gasteiger partial charge < -0.3 is 4.90 Å². The van der Waals surface area contributed by atoms with Crippen LogP contribution in [0.5, 0.6) is 0 Å². The molecule has 3 rings (SSSR count). The second kappa shape index (κ2) is 5.96. The third-order valence-corrected chi connectivity index (χ3v) is 3.63. The van der Waals surface area contributed by atoms with Crippen LogP contribution in [0.25, 0.3) is 5.69 Å². The average Bonchev–Trinajstić information content (AvgIpc) is 2.85. The zero-order valence-corrected chi connectivity index (χ0v) is 13.0. The fourth-order valence-electron chi connectivity index (χ4n) is 2.43. The number of carbonyl (C=O) groups excluding carboxylic acids is 1. The molecule has 116 valence electrons. The molecule has 23 heavy (non-hydrogen) atoms. The molecule has 1 aliphatic heterocycles. The van der Waals surface area contributed by atoms with E-state index in [9.17, 15) is 9.59 Å². The number of hydrogen-bond acceptors (Lipinski definition) is 3. The van der Waals surface area contributed by atoms with E-state index in [-0.39, 0.29) is 16.9 Å². The summed E-state index contributed by atoms with van der Waals surface area (Å²) in [6.07, 6.45) is 8.84. The van der Waals surface area contributed by atoms with Gasteiger partial charge in [0.25, 0.3) is 5.56 Å². The summed E-state index contributed by atoms with van der Waals surface area (Å²) in [5.74, 6) is -0.299. The van der Waals surface area contributed by atoms with Gasteiger partial charge in [0.2, 0.25) is 0 Å². The highest BCUT2D eigenvalue weighted by molar-refractivity contribution is 6.06. The molecule has 0 radical (unpaired) electrons. The zero-order valence-electron chi connectivity index (χ0n) is 13.0. The van der Waals surface area contributed by atoms with Crippen LogP contribution in [-0.4, -0.2) is 27.5 Å². The van der Waals surface area contributed by atoms with Crippen LogP contribution in [0.4, 0.5) is 0 Å². The van der Waals surface area contributed by atoms with Crippen molar-refractivity contribution in [2.24, 2.45) is 0 Å². The van der Waals surface area contributed by atoms with Crippen molar-refractivity contribution in [3.8, 4) is 5.69 Å². The summed E-state index contributed by atoms with van der Waals surface area (Å²) in [5, 5.41) is 2.96. The normalized spacial score (nSPS) is 13.5. The number of aromatic amines is 1. The number of benzene rings is 1. The molecule has 1 N–H and O–H groups in total. The van der Waals surface area contributed by atoms with Crippen LogP contribution < -0.4 is 5.56 Å². The van der Waals surface area contributed by atoms with Crippen LogP contribution in [0.2, 0.25) is 0 Å². The van der Waals surface area contributed by atoms with E-state index in [1.165, 1.54) is 10.8 Å². The number of carbonyl (C=O) groups is 1. The first-order valence-corrected chi connectivity index (χ1v) is 7.27. The highest BCUT2D eigenvalue weighted by Crippen LogP contribution is 2.12. The van der Waals surface area contributed by atoms with Crippen molar-refractivity contribution in [2.45, 2.75) is 6.92 Å². The van der Waals surface area contributed by atoms with E-state index in [0.29, 0.717) is 11.4 Å². The van der Waals surface area contributed by atoms with E-state index in [2.05, 4.69) is 5.10 Å². The summed E-state index contributed by atoms with van der Waals surface area (Å²) >= 11 is 0. The van der Waals surface area contributed by atoms with Crippen molar-refractivity contribution in [3.63, 3.8) is 0 Å². The number of rotatable bonds is 3. The maximum absolute atomic E-state index is 12.6. The van der Waals surface area contributed by atoms with Gasteiger partial charge in [-0.2, -0.15) is 0 Å². The van der Waals surface area contributed by atoms with Crippen LogP contribution in [0.1, 0.15) is 16.1 Å². The van der Waals surface area contributed by atoms with Gasteiger partial charge in [0, 0.05) is 25.1 Å². The maximum Gasteiger partial charge on any atom is 0.282 e. The molecule has 0 amide bonds. The van der Waals surface area contributed by atoms with E-state index in [1.807, 2.05) is 66.8 Å². The molecule has 0 spiro atoms. The van der Waals surface area contributed by atoms with E-state index in [1.54, 1.807) is 6.92 Å². The molecule has 0 saturated carbocycles. The fraction of sp³-hybridized carbons (Fsp3) is 0.111. The fourth-order valence-corrected chi connectivity index (χ4v) is 2.43. The molecule has 1 aromatic heterocycles. The van der Waals surface area contributed by atoms with E-state index in [0.717, 1.165) is 5.57 Å². The molecule has 1 aliphatic rings. The van der Waals surface area contributed by atoms with Crippen molar-refractivity contribution in [1.29, 1.82) is 0 Å². The lowest BCUT2D eigenvalue weighted by molar-refractivity contribution is 0.104. The van der Waals surface area contributed by atoms with Gasteiger partial charge in [-0.05, 0) is 42.9 Å². The molecule has 5 heteroatoms. The summed E-state index contributed by atoms with van der Waals surface area (Å²) in [5.41, 5.74) is 1.85. The largest absolute Gasteiger partial charge is 0.357 e. The van der Waals surface area contributed by atoms with Gasteiger partial charge in [-0.25, -0.2) is 4.68 Å². The number of para-hydroxylation sites is 1. The lowest BCUT2D eigenvalue weighted by atomic mass is 10.1. The minimum Gasteiger partial charge on any atom is -0.357 e. The Kier molecular flexibility index (Phi) is 3.85. The molecule has 0 bridgehead atoms. The van der Waals surface area contributed by atoms with E-state index in [4.69, 9.17) is 0 Å². The molecule has 2 aromatic rings. The Morgan fingerprint density at radius 2 is 1.78 bits per heavy atom. The first kappa shape index (κ1) is 14.8. The Hall–Kier alpha value is -3.08. The van der Waals surface area contributed by atoms with E-state index >= 15 is 0 Å². The van der Waals surface area contributed by atoms with Crippen molar-refractivity contribution < 1.29 is 4.79 Å². The van der Waals surface area contributed by atoms with Crippen molar-refractivity contribution in [2.75, 3.05) is 7.05 Å². The molecule has 5 nitrogen and oxygen atoms in total. The second-order valence-corrected chi connectivity index (χ2v) is 5.39. The van der Waals surface area contributed by atoms with Gasteiger partial charge >= 0.3 is 0 Å². The molecule has 1 aromatic carbocycles. The van der Waals surface area contributed by atoms with Crippen LogP contribution in [0.15, 0.2) is 71.3 Å². The molecule has 0 atom stereocenters. The first-order chi connectivity index (χ1) is 11.1. The Morgan fingerprint density at radius 1 is 1.13 bits per heavy atom. The van der Waals surface area contributed by atoms with Crippen LogP contribution in [0, 0.1) is 6.92 Å². The summed E-state index contributed by atoms with van der Waals surface area (Å²) in [6, 6.07) is 9.18. The standard InChI is InChI=1S/C18H17N3O2/c1-13-17(16(22)12-14-8-10-20(2)11-9-14)18(23)21(19-13)15-6-4-3-5-7-15/h3-12,19H,1-2H3. The predicted octanol–water partition coefficient (Wildman–Crippen LogP) is 2.56. The third-order valence-electron chi connectivity index (χ3n) is 3.63. The van der Waals surface area contributed by atoms with Gasteiger partial charge in [-0.1, -0.05) is 18.2 Å². The van der Waals surface area contributed by atoms with Gasteiger partial charge in [-0.15, -0.1) is 0 Å². The number of nitrogens with zero attached hydrogens (tertiary/aromatic N) is 2. The number of ketones is 1. The summed E-state index contributed by atoms with van der Waals surface area (Å²) in [4.78, 5) is 26.9. The number of nitrogens with one attached hydrogen (secondary N) is 1. The SMILES string of the molecule is Cc1[nH]n(-c2ccccc2)c(=O)c1C(=O)C=C1C=CN(C)C=C1. The van der Waals surface area contributed by atoms with Crippen LogP contribution >= 0.6 is 0 Å². The molecule has 0 fully saturated rings. The lowest BCUT2D eigenvalue weighted by Gasteiger charge is -2.11. The first-order valence-electron chi connectivity index (χ1n) is 7.27. The Balaban J connectivity index is 1.98. The van der Waals surface area contributed by atoms with E-state index < -0.39 is 0 Å². The maximum atomic E-state index is 12.6. The van der Waals surface area contributed by atoms with Gasteiger partial charge in [-0.3, -0.25) is 14.7 Å². The average molecular weight is 307 g/mol. The Morgan fingerprint density at radius 3 is 2.43 bits per heavy atom. The molecule has 0 unspecified atom stereocenters. The molecule has 0 aliphatic carbocycles. The van der Waals surface area contributed by atoms with Crippen molar-refractivity contribution in [1.82, 2.24) is 14.7 Å². The minimum atomic E-state index is -0.337. The molecule has 2 heterocycles. The zero-order chi connectivity index (χ0) is 16.4. The molecular weight excluding hydrogens is 290 g/mol. The summed E-state index contributed by atoms with van der Waals surface area (Å²) < 4.78 is 1.39. The Bertz CT molecular complexity index is 867. The van der Waals surface area contributed by atoms with Crippen LogP contribution in [-0.2, 0) is 0 Å². The smallest absolute Gasteiger partial charge is 0.282 e. The van der Waals surface area contributed by atoms with Gasteiger partial charge in [0.1, 0.15) is 5.56 Å². The predicted molar refractivity (Wildman–Crippen MR) is 89.6 cm³/mol. The van der Waals surface area contributed by atoms with Crippen molar-refractivity contribution >= 4 is 5.78 Å².